The Kier molecular flexibility index (Phi) is 5.54. The first kappa shape index (κ1) is 18.9. The molecular formula is C19H14F2N4O3. The Morgan fingerprint density at radius 1 is 1.00 bits per heavy atom. The van der Waals surface area contributed by atoms with Crippen molar-refractivity contribution in [2.24, 2.45) is 0 Å². The van der Waals surface area contributed by atoms with E-state index in [-0.39, 0.29) is 17.2 Å². The van der Waals surface area contributed by atoms with Crippen molar-refractivity contribution < 1.29 is 23.1 Å². The molecule has 142 valence electrons. The van der Waals surface area contributed by atoms with Crippen molar-refractivity contribution >= 4 is 29.1 Å². The van der Waals surface area contributed by atoms with Gasteiger partial charge in [0.05, 0.1) is 18.4 Å². The number of carbonyl (C=O) groups excluding carboxylic acids is 2. The summed E-state index contributed by atoms with van der Waals surface area (Å²) in [5, 5.41) is 5.28. The topological polar surface area (TPSA) is 93.2 Å². The van der Waals surface area contributed by atoms with Gasteiger partial charge in [0.15, 0.2) is 0 Å². The first-order valence-corrected chi connectivity index (χ1v) is 8.00. The molecule has 0 aliphatic rings. The van der Waals surface area contributed by atoms with Crippen molar-refractivity contribution in [3.8, 4) is 0 Å². The largest absolute Gasteiger partial charge is 0.465 e. The van der Waals surface area contributed by atoms with E-state index in [1.54, 1.807) is 12.1 Å². The minimum Gasteiger partial charge on any atom is -0.465 e. The number of hydrogen-bond acceptors (Lipinski definition) is 6. The highest BCUT2D eigenvalue weighted by Crippen LogP contribution is 2.20. The van der Waals surface area contributed by atoms with Gasteiger partial charge >= 0.3 is 5.97 Å². The Labute approximate surface area is 158 Å². The van der Waals surface area contributed by atoms with Crippen LogP contribution in [0.5, 0.6) is 0 Å². The lowest BCUT2D eigenvalue weighted by atomic mass is 10.2. The van der Waals surface area contributed by atoms with Crippen LogP contribution in [0.15, 0.2) is 54.9 Å². The summed E-state index contributed by atoms with van der Waals surface area (Å²) < 4.78 is 31.3. The molecular weight excluding hydrogens is 370 g/mol. The van der Waals surface area contributed by atoms with Gasteiger partial charge in [0.1, 0.15) is 29.5 Å². The number of rotatable bonds is 5. The van der Waals surface area contributed by atoms with Crippen LogP contribution in [-0.4, -0.2) is 29.0 Å². The molecule has 0 aliphatic carbocycles. The molecule has 1 amide bonds. The lowest BCUT2D eigenvalue weighted by Gasteiger charge is -2.09. The highest BCUT2D eigenvalue weighted by Gasteiger charge is 2.12. The number of benzene rings is 2. The standard InChI is InChI=1S/C19H14F2N4O3/c1-28-19(27)11-2-5-13(6-3-11)24-18(26)16-9-17(23-10-22-16)25-15-7-4-12(20)8-14(15)21/h2-10H,1H3,(H,24,26)(H,22,23,25). The lowest BCUT2D eigenvalue weighted by Crippen LogP contribution is -2.14. The normalized spacial score (nSPS) is 10.2. The van der Waals surface area contributed by atoms with Crippen LogP contribution in [0.25, 0.3) is 0 Å². The highest BCUT2D eigenvalue weighted by molar-refractivity contribution is 6.03. The van der Waals surface area contributed by atoms with E-state index in [1.807, 2.05) is 0 Å². The zero-order chi connectivity index (χ0) is 20.1. The molecule has 3 rings (SSSR count). The van der Waals surface area contributed by atoms with E-state index in [0.717, 1.165) is 18.5 Å². The number of esters is 1. The third-order valence-corrected chi connectivity index (χ3v) is 3.66. The highest BCUT2D eigenvalue weighted by atomic mass is 19.1. The molecule has 9 heteroatoms. The van der Waals surface area contributed by atoms with Gasteiger partial charge in [-0.1, -0.05) is 0 Å². The number of aromatic nitrogens is 2. The van der Waals surface area contributed by atoms with Crippen molar-refractivity contribution in [2.45, 2.75) is 0 Å². The first-order valence-electron chi connectivity index (χ1n) is 8.00. The summed E-state index contributed by atoms with van der Waals surface area (Å²) in [5.41, 5.74) is 0.813. The fourth-order valence-corrected chi connectivity index (χ4v) is 2.28. The molecule has 0 bridgehead atoms. The molecule has 0 saturated heterocycles. The number of halogens is 2. The zero-order valence-electron chi connectivity index (χ0n) is 14.6. The third kappa shape index (κ3) is 4.44. The number of carbonyl (C=O) groups is 2. The first-order chi connectivity index (χ1) is 13.5. The summed E-state index contributed by atoms with van der Waals surface area (Å²) in [6.45, 7) is 0. The molecule has 0 saturated carbocycles. The van der Waals surface area contributed by atoms with Gasteiger partial charge in [-0.05, 0) is 36.4 Å². The van der Waals surface area contributed by atoms with Gasteiger partial charge in [-0.2, -0.15) is 0 Å². The van der Waals surface area contributed by atoms with Gasteiger partial charge < -0.3 is 15.4 Å². The van der Waals surface area contributed by atoms with Crippen molar-refractivity contribution in [2.75, 3.05) is 17.7 Å². The number of methoxy groups -OCH3 is 1. The predicted octanol–water partition coefficient (Wildman–Crippen LogP) is 3.54. The Morgan fingerprint density at radius 3 is 2.43 bits per heavy atom. The number of amides is 1. The van der Waals surface area contributed by atoms with E-state index in [2.05, 4.69) is 25.3 Å². The van der Waals surface area contributed by atoms with Crippen LogP contribution >= 0.6 is 0 Å². The summed E-state index contributed by atoms with van der Waals surface area (Å²) in [5.74, 6) is -2.36. The molecule has 0 aliphatic heterocycles. The van der Waals surface area contributed by atoms with E-state index in [0.29, 0.717) is 11.3 Å². The summed E-state index contributed by atoms with van der Waals surface area (Å²) in [6, 6.07) is 10.5. The van der Waals surface area contributed by atoms with Gasteiger partial charge in [0.2, 0.25) is 0 Å². The van der Waals surface area contributed by atoms with E-state index in [9.17, 15) is 18.4 Å². The molecule has 2 aromatic carbocycles. The summed E-state index contributed by atoms with van der Waals surface area (Å²) >= 11 is 0. The average Bonchev–Trinajstić information content (AvgIpc) is 2.70. The Bertz CT molecular complexity index is 1030. The number of ether oxygens (including phenoxy) is 1. The van der Waals surface area contributed by atoms with Gasteiger partial charge in [0, 0.05) is 17.8 Å². The quantitative estimate of drug-likeness (QED) is 0.654. The van der Waals surface area contributed by atoms with Crippen LogP contribution in [0.4, 0.5) is 26.0 Å². The molecule has 7 nitrogen and oxygen atoms in total. The second kappa shape index (κ2) is 8.21. The lowest BCUT2D eigenvalue weighted by molar-refractivity contribution is 0.0600. The number of nitrogens with zero attached hydrogens (tertiary/aromatic N) is 2. The van der Waals surface area contributed by atoms with Crippen LogP contribution in [0.2, 0.25) is 0 Å². The van der Waals surface area contributed by atoms with E-state index in [1.165, 1.54) is 31.4 Å². The molecule has 3 aromatic rings. The number of hydrogen-bond donors (Lipinski definition) is 2. The average molecular weight is 384 g/mol. The number of nitrogens with one attached hydrogen (secondary N) is 2. The predicted molar refractivity (Wildman–Crippen MR) is 97.4 cm³/mol. The van der Waals surface area contributed by atoms with Crippen LogP contribution in [-0.2, 0) is 4.74 Å². The van der Waals surface area contributed by atoms with Crippen molar-refractivity contribution in [1.29, 1.82) is 0 Å². The third-order valence-electron chi connectivity index (χ3n) is 3.66. The van der Waals surface area contributed by atoms with E-state index < -0.39 is 23.5 Å². The molecule has 28 heavy (non-hydrogen) atoms. The van der Waals surface area contributed by atoms with E-state index >= 15 is 0 Å². The molecule has 0 spiro atoms. The maximum Gasteiger partial charge on any atom is 0.337 e. The maximum atomic E-state index is 13.7. The minimum absolute atomic E-state index is 0.00450. The maximum absolute atomic E-state index is 13.7. The molecule has 0 fully saturated rings. The summed E-state index contributed by atoms with van der Waals surface area (Å²) in [7, 11) is 1.27. The Balaban J connectivity index is 1.72. The van der Waals surface area contributed by atoms with Gasteiger partial charge in [-0.25, -0.2) is 23.5 Å². The molecule has 1 aromatic heterocycles. The monoisotopic (exact) mass is 384 g/mol. The van der Waals surface area contributed by atoms with Crippen LogP contribution < -0.4 is 10.6 Å². The van der Waals surface area contributed by atoms with Crippen molar-refractivity contribution in [3.63, 3.8) is 0 Å². The SMILES string of the molecule is COC(=O)c1ccc(NC(=O)c2cc(Nc3ccc(F)cc3F)ncn2)cc1. The van der Waals surface area contributed by atoms with E-state index in [4.69, 9.17) is 0 Å². The van der Waals surface area contributed by atoms with Crippen molar-refractivity contribution in [1.82, 2.24) is 9.97 Å². The second-order valence-electron chi connectivity index (χ2n) is 5.56. The fourth-order valence-electron chi connectivity index (χ4n) is 2.28. The summed E-state index contributed by atoms with van der Waals surface area (Å²) in [6.07, 6.45) is 1.14. The van der Waals surface area contributed by atoms with Crippen LogP contribution in [0.3, 0.4) is 0 Å². The molecule has 0 atom stereocenters. The van der Waals surface area contributed by atoms with Gasteiger partial charge in [-0.15, -0.1) is 0 Å². The van der Waals surface area contributed by atoms with Gasteiger partial charge in [0.25, 0.3) is 5.91 Å². The second-order valence-corrected chi connectivity index (χ2v) is 5.56. The smallest absolute Gasteiger partial charge is 0.337 e. The van der Waals surface area contributed by atoms with Crippen molar-refractivity contribution in [3.05, 3.63) is 77.8 Å². The minimum atomic E-state index is -0.796. The zero-order valence-corrected chi connectivity index (χ0v) is 14.6. The van der Waals surface area contributed by atoms with Gasteiger partial charge in [-0.3, -0.25) is 4.79 Å². The fraction of sp³-hybridized carbons (Fsp3) is 0.0526. The Morgan fingerprint density at radius 2 is 1.75 bits per heavy atom. The molecule has 0 radical (unpaired) electrons. The molecule has 0 unspecified atom stereocenters. The number of anilines is 3. The molecule has 2 N–H and O–H groups in total. The molecule has 1 heterocycles. The van der Waals surface area contributed by atoms with Crippen LogP contribution in [0.1, 0.15) is 20.8 Å². The summed E-state index contributed by atoms with van der Waals surface area (Å²) in [4.78, 5) is 31.6. The Hall–Kier alpha value is -3.88. The van der Waals surface area contributed by atoms with Crippen LogP contribution in [0, 0.1) is 11.6 Å².